The zero-order chi connectivity index (χ0) is 9.97. The molecule has 0 amide bonds. The van der Waals surface area contributed by atoms with Crippen molar-refractivity contribution in [1.29, 1.82) is 0 Å². The van der Waals surface area contributed by atoms with Gasteiger partial charge in [-0.15, -0.1) is 0 Å². The number of aromatic nitrogens is 1. The first-order chi connectivity index (χ1) is 6.83. The van der Waals surface area contributed by atoms with Crippen molar-refractivity contribution in [2.24, 2.45) is 0 Å². The van der Waals surface area contributed by atoms with Crippen LogP contribution in [0.1, 0.15) is 12.5 Å². The van der Waals surface area contributed by atoms with Gasteiger partial charge in [0.05, 0.1) is 0 Å². The minimum atomic E-state index is 0.817. The van der Waals surface area contributed by atoms with E-state index in [0.29, 0.717) is 0 Å². The Kier molecular flexibility index (Phi) is 2.19. The zero-order valence-corrected chi connectivity index (χ0v) is 7.95. The molecule has 0 fully saturated rings. The molecule has 0 unspecified atom stereocenters. The molecule has 70 valence electrons. The zero-order valence-electron chi connectivity index (χ0n) is 7.95. The predicted octanol–water partition coefficient (Wildman–Crippen LogP) is 2.77. The minimum Gasteiger partial charge on any atom is -0.361 e. The van der Waals surface area contributed by atoms with Crippen LogP contribution in [-0.2, 0) is 4.79 Å². The highest BCUT2D eigenvalue weighted by atomic mass is 16.1. The van der Waals surface area contributed by atoms with Crippen LogP contribution >= 0.6 is 0 Å². The normalized spacial score (nSPS) is 11.9. The number of rotatable bonds is 2. The molecule has 2 rings (SSSR count). The first-order valence-electron chi connectivity index (χ1n) is 4.51. The number of hydrogen-bond acceptors (Lipinski definition) is 1. The van der Waals surface area contributed by atoms with Crippen LogP contribution in [0.15, 0.2) is 36.5 Å². The Labute approximate surface area is 82.3 Å². The summed E-state index contributed by atoms with van der Waals surface area (Å²) in [5, 5.41) is 1.16. The summed E-state index contributed by atoms with van der Waals surface area (Å²) < 4.78 is 0. The van der Waals surface area contributed by atoms with Gasteiger partial charge in [0.15, 0.2) is 0 Å². The van der Waals surface area contributed by atoms with Crippen molar-refractivity contribution in [1.82, 2.24) is 4.98 Å². The largest absolute Gasteiger partial charge is 0.361 e. The molecular formula is C12H11NO. The summed E-state index contributed by atoms with van der Waals surface area (Å²) in [7, 11) is 0. The number of nitrogens with one attached hydrogen (secondary N) is 1. The highest BCUT2D eigenvalue weighted by Crippen LogP contribution is 2.23. The smallest absolute Gasteiger partial charge is 0.143 e. The second-order valence-electron chi connectivity index (χ2n) is 3.23. The first kappa shape index (κ1) is 8.75. The molecule has 1 N–H and O–H groups in total. The van der Waals surface area contributed by atoms with Crippen LogP contribution in [0, 0.1) is 0 Å². The van der Waals surface area contributed by atoms with Crippen molar-refractivity contribution in [3.63, 3.8) is 0 Å². The molecule has 0 aliphatic carbocycles. The Hall–Kier alpha value is -1.83. The number of H-pyrrole nitrogens is 1. The molecular weight excluding hydrogens is 174 g/mol. The van der Waals surface area contributed by atoms with E-state index in [2.05, 4.69) is 4.98 Å². The third-order valence-electron chi connectivity index (χ3n) is 2.33. The van der Waals surface area contributed by atoms with Crippen molar-refractivity contribution in [3.05, 3.63) is 42.1 Å². The summed E-state index contributed by atoms with van der Waals surface area (Å²) in [6, 6.07) is 8.05. The average Bonchev–Trinajstić information content (AvgIpc) is 2.61. The van der Waals surface area contributed by atoms with Crippen molar-refractivity contribution < 1.29 is 4.79 Å². The summed E-state index contributed by atoms with van der Waals surface area (Å²) in [5.41, 5.74) is 3.17. The minimum absolute atomic E-state index is 0.817. The van der Waals surface area contributed by atoms with Gasteiger partial charge in [-0.1, -0.05) is 18.2 Å². The number of hydrogen-bond donors (Lipinski definition) is 1. The van der Waals surface area contributed by atoms with Gasteiger partial charge < -0.3 is 4.98 Å². The van der Waals surface area contributed by atoms with Gasteiger partial charge in [0.25, 0.3) is 0 Å². The third kappa shape index (κ3) is 1.35. The molecule has 1 aromatic heterocycles. The Morgan fingerprint density at radius 3 is 2.93 bits per heavy atom. The van der Waals surface area contributed by atoms with Crippen LogP contribution in [0.4, 0.5) is 0 Å². The molecule has 14 heavy (non-hydrogen) atoms. The highest BCUT2D eigenvalue weighted by Gasteiger charge is 2.03. The van der Waals surface area contributed by atoms with Gasteiger partial charge in [-0.25, -0.2) is 0 Å². The topological polar surface area (TPSA) is 32.9 Å². The second-order valence-corrected chi connectivity index (χ2v) is 3.23. The number of carbonyl (C=O) groups is 1. The summed E-state index contributed by atoms with van der Waals surface area (Å²) in [4.78, 5) is 13.5. The van der Waals surface area contributed by atoms with Crippen LogP contribution in [0.5, 0.6) is 0 Å². The molecule has 0 saturated carbocycles. The Balaban J connectivity index is 2.64. The molecule has 0 radical (unpaired) electrons. The van der Waals surface area contributed by atoms with E-state index in [4.69, 9.17) is 0 Å². The number of para-hydroxylation sites is 1. The summed E-state index contributed by atoms with van der Waals surface area (Å²) >= 11 is 0. The van der Waals surface area contributed by atoms with Gasteiger partial charge in [0.1, 0.15) is 6.29 Å². The van der Waals surface area contributed by atoms with E-state index < -0.39 is 0 Å². The van der Waals surface area contributed by atoms with Gasteiger partial charge in [-0.3, -0.25) is 4.79 Å². The predicted molar refractivity (Wildman–Crippen MR) is 58.0 cm³/mol. The SMILES string of the molecule is CC(=CC=O)c1c[nH]c2ccccc12. The molecule has 0 saturated heterocycles. The molecule has 0 bridgehead atoms. The number of aldehydes is 1. The fourth-order valence-electron chi connectivity index (χ4n) is 1.59. The number of carbonyl (C=O) groups excluding carboxylic acids is 1. The van der Waals surface area contributed by atoms with E-state index in [9.17, 15) is 4.79 Å². The fraction of sp³-hybridized carbons (Fsp3) is 0.0833. The maximum atomic E-state index is 10.4. The molecule has 2 nitrogen and oxygen atoms in total. The Morgan fingerprint density at radius 1 is 1.36 bits per heavy atom. The average molecular weight is 185 g/mol. The van der Waals surface area contributed by atoms with E-state index in [-0.39, 0.29) is 0 Å². The molecule has 0 atom stereocenters. The van der Waals surface area contributed by atoms with E-state index in [1.165, 1.54) is 0 Å². The van der Waals surface area contributed by atoms with Gasteiger partial charge in [0.2, 0.25) is 0 Å². The van der Waals surface area contributed by atoms with Crippen LogP contribution in [0.2, 0.25) is 0 Å². The standard InChI is InChI=1S/C12H11NO/c1-9(6-7-14)11-8-13-12-5-3-2-4-10(11)12/h2-8,13H,1H3. The van der Waals surface area contributed by atoms with E-state index >= 15 is 0 Å². The van der Waals surface area contributed by atoms with Crippen molar-refractivity contribution in [2.45, 2.75) is 6.92 Å². The molecule has 1 aromatic carbocycles. The quantitative estimate of drug-likeness (QED) is 0.566. The maximum Gasteiger partial charge on any atom is 0.143 e. The van der Waals surface area contributed by atoms with E-state index in [1.54, 1.807) is 6.08 Å². The second kappa shape index (κ2) is 3.50. The van der Waals surface area contributed by atoms with Crippen LogP contribution < -0.4 is 0 Å². The van der Waals surface area contributed by atoms with Crippen LogP contribution in [0.25, 0.3) is 16.5 Å². The molecule has 1 heterocycles. The van der Waals surface area contributed by atoms with Gasteiger partial charge in [-0.2, -0.15) is 0 Å². The lowest BCUT2D eigenvalue weighted by molar-refractivity contribution is -0.104. The molecule has 2 heteroatoms. The fourth-order valence-corrected chi connectivity index (χ4v) is 1.59. The highest BCUT2D eigenvalue weighted by molar-refractivity contribution is 5.94. The summed E-state index contributed by atoms with van der Waals surface area (Å²) in [5.74, 6) is 0. The monoisotopic (exact) mass is 185 g/mol. The van der Waals surface area contributed by atoms with Gasteiger partial charge >= 0.3 is 0 Å². The van der Waals surface area contributed by atoms with Crippen molar-refractivity contribution >= 4 is 22.8 Å². The number of fused-ring (bicyclic) bond motifs is 1. The number of benzene rings is 1. The Morgan fingerprint density at radius 2 is 2.14 bits per heavy atom. The van der Waals surface area contributed by atoms with Crippen molar-refractivity contribution in [3.8, 4) is 0 Å². The maximum absolute atomic E-state index is 10.4. The van der Waals surface area contributed by atoms with E-state index in [1.807, 2.05) is 37.4 Å². The molecule has 0 aliphatic heterocycles. The number of allylic oxidation sites excluding steroid dienone is 2. The van der Waals surface area contributed by atoms with Crippen LogP contribution in [-0.4, -0.2) is 11.3 Å². The Bertz CT molecular complexity index is 494. The first-order valence-corrected chi connectivity index (χ1v) is 4.51. The molecule has 0 spiro atoms. The van der Waals surface area contributed by atoms with Gasteiger partial charge in [0, 0.05) is 22.7 Å². The summed E-state index contributed by atoms with van der Waals surface area (Å²) in [6.45, 7) is 1.93. The van der Waals surface area contributed by atoms with E-state index in [0.717, 1.165) is 28.3 Å². The van der Waals surface area contributed by atoms with Crippen molar-refractivity contribution in [2.75, 3.05) is 0 Å². The molecule has 0 aliphatic rings. The summed E-state index contributed by atoms with van der Waals surface area (Å²) in [6.07, 6.45) is 4.33. The molecule has 2 aromatic rings. The lowest BCUT2D eigenvalue weighted by Crippen LogP contribution is -1.76. The lowest BCUT2D eigenvalue weighted by atomic mass is 10.1. The lowest BCUT2D eigenvalue weighted by Gasteiger charge is -1.96. The third-order valence-corrected chi connectivity index (χ3v) is 2.33. The number of aromatic amines is 1. The van der Waals surface area contributed by atoms with Crippen LogP contribution in [0.3, 0.4) is 0 Å². The van der Waals surface area contributed by atoms with Gasteiger partial charge in [-0.05, 0) is 24.6 Å².